The second-order valence-corrected chi connectivity index (χ2v) is 5.10. The van der Waals surface area contributed by atoms with E-state index in [0.717, 1.165) is 19.3 Å². The van der Waals surface area contributed by atoms with Crippen molar-refractivity contribution < 1.29 is 19.4 Å². The molecule has 1 N–H and O–H groups in total. The van der Waals surface area contributed by atoms with Crippen LogP contribution in [0.3, 0.4) is 0 Å². The predicted octanol–water partition coefficient (Wildman–Crippen LogP) is 1.90. The first-order valence-corrected chi connectivity index (χ1v) is 7.20. The number of nitrogens with zero attached hydrogens (tertiary/aromatic N) is 1. The van der Waals surface area contributed by atoms with Crippen LogP contribution >= 0.6 is 0 Å². The van der Waals surface area contributed by atoms with Crippen molar-refractivity contribution in [2.75, 3.05) is 19.8 Å². The molecule has 110 valence electrons. The number of hydrogen-bond acceptors (Lipinski definition) is 3. The van der Waals surface area contributed by atoms with Crippen molar-refractivity contribution in [3.63, 3.8) is 0 Å². The summed E-state index contributed by atoms with van der Waals surface area (Å²) in [6.07, 6.45) is 3.66. The fraction of sp³-hybridized carbons (Fsp3) is 0.857. The van der Waals surface area contributed by atoms with Crippen molar-refractivity contribution in [1.29, 1.82) is 0 Å². The van der Waals surface area contributed by atoms with Crippen LogP contribution in [-0.4, -0.2) is 47.7 Å². The zero-order valence-corrected chi connectivity index (χ0v) is 11.9. The summed E-state index contributed by atoms with van der Waals surface area (Å²) >= 11 is 0. The van der Waals surface area contributed by atoms with Gasteiger partial charge in [-0.2, -0.15) is 0 Å². The van der Waals surface area contributed by atoms with Gasteiger partial charge in [0.2, 0.25) is 5.91 Å². The Morgan fingerprint density at radius 2 is 2.05 bits per heavy atom. The Morgan fingerprint density at radius 3 is 2.63 bits per heavy atom. The number of ether oxygens (including phenoxy) is 1. The first-order chi connectivity index (χ1) is 9.10. The lowest BCUT2D eigenvalue weighted by atomic mass is 9.88. The number of piperidine rings is 1. The molecule has 5 heteroatoms. The molecule has 0 radical (unpaired) electrons. The summed E-state index contributed by atoms with van der Waals surface area (Å²) in [5, 5.41) is 9.26. The Kier molecular flexibility index (Phi) is 6.84. The highest BCUT2D eigenvalue weighted by molar-refractivity contribution is 5.84. The van der Waals surface area contributed by atoms with Gasteiger partial charge in [-0.15, -0.1) is 0 Å². The molecular weight excluding hydrogens is 246 g/mol. The first-order valence-electron chi connectivity index (χ1n) is 7.20. The third kappa shape index (κ3) is 4.82. The van der Waals surface area contributed by atoms with Gasteiger partial charge in [0.05, 0.1) is 13.0 Å². The maximum absolute atomic E-state index is 12.1. The van der Waals surface area contributed by atoms with Gasteiger partial charge in [-0.3, -0.25) is 4.79 Å². The number of carbonyl (C=O) groups is 2. The highest BCUT2D eigenvalue weighted by atomic mass is 16.5. The van der Waals surface area contributed by atoms with E-state index < -0.39 is 12.0 Å². The van der Waals surface area contributed by atoms with Gasteiger partial charge in [-0.25, -0.2) is 4.79 Å². The topological polar surface area (TPSA) is 66.8 Å². The second-order valence-electron chi connectivity index (χ2n) is 5.10. The molecule has 1 heterocycles. The van der Waals surface area contributed by atoms with Gasteiger partial charge in [0, 0.05) is 13.2 Å². The van der Waals surface area contributed by atoms with Crippen LogP contribution < -0.4 is 0 Å². The SMILES string of the molecule is CCCOCCC(=O)N1CCC(CC)CC1C(=O)O. The molecule has 2 atom stereocenters. The first kappa shape index (κ1) is 16.0. The maximum atomic E-state index is 12.1. The second kappa shape index (κ2) is 8.15. The molecule has 5 nitrogen and oxygen atoms in total. The largest absolute Gasteiger partial charge is 0.480 e. The Hall–Kier alpha value is -1.10. The van der Waals surface area contributed by atoms with E-state index in [0.29, 0.717) is 32.1 Å². The van der Waals surface area contributed by atoms with E-state index in [2.05, 4.69) is 6.92 Å². The average Bonchev–Trinajstić information content (AvgIpc) is 2.42. The summed E-state index contributed by atoms with van der Waals surface area (Å²) < 4.78 is 5.29. The van der Waals surface area contributed by atoms with Crippen LogP contribution in [0.25, 0.3) is 0 Å². The lowest BCUT2D eigenvalue weighted by Crippen LogP contribution is -2.50. The van der Waals surface area contributed by atoms with Crippen LogP contribution in [0.15, 0.2) is 0 Å². The number of amides is 1. The fourth-order valence-corrected chi connectivity index (χ4v) is 2.49. The standard InChI is InChI=1S/C14H25NO4/c1-3-8-19-9-6-13(16)15-7-5-11(4-2)10-12(15)14(17)18/h11-12H,3-10H2,1-2H3,(H,17,18). The van der Waals surface area contributed by atoms with Gasteiger partial charge in [-0.05, 0) is 25.2 Å². The molecule has 0 aliphatic carbocycles. The van der Waals surface area contributed by atoms with Crippen LogP contribution in [0.1, 0.15) is 46.0 Å². The summed E-state index contributed by atoms with van der Waals surface area (Å²) in [7, 11) is 0. The number of carboxylic acid groups (broad SMARTS) is 1. The van der Waals surface area contributed by atoms with Crippen LogP contribution in [0, 0.1) is 5.92 Å². The van der Waals surface area contributed by atoms with Crippen LogP contribution in [0.5, 0.6) is 0 Å². The molecule has 0 bridgehead atoms. The lowest BCUT2D eigenvalue weighted by molar-refractivity contribution is -0.153. The maximum Gasteiger partial charge on any atom is 0.326 e. The zero-order chi connectivity index (χ0) is 14.3. The van der Waals surface area contributed by atoms with Crippen molar-refractivity contribution in [3.05, 3.63) is 0 Å². The van der Waals surface area contributed by atoms with Crippen molar-refractivity contribution in [1.82, 2.24) is 4.90 Å². The van der Waals surface area contributed by atoms with Gasteiger partial charge in [0.1, 0.15) is 6.04 Å². The summed E-state index contributed by atoms with van der Waals surface area (Å²) in [5.74, 6) is -0.569. The quantitative estimate of drug-likeness (QED) is 0.718. The van der Waals surface area contributed by atoms with Crippen molar-refractivity contribution in [2.45, 2.75) is 52.0 Å². The van der Waals surface area contributed by atoms with Crippen molar-refractivity contribution >= 4 is 11.9 Å². The minimum atomic E-state index is -0.888. The number of carboxylic acids is 1. The predicted molar refractivity (Wildman–Crippen MR) is 71.9 cm³/mol. The summed E-state index contributed by atoms with van der Waals surface area (Å²) in [4.78, 5) is 24.9. The van der Waals surface area contributed by atoms with Gasteiger partial charge in [-0.1, -0.05) is 20.3 Å². The van der Waals surface area contributed by atoms with Crippen LogP contribution in [0.2, 0.25) is 0 Å². The number of likely N-dealkylation sites (tertiary alicyclic amines) is 1. The molecule has 2 unspecified atom stereocenters. The highest BCUT2D eigenvalue weighted by Gasteiger charge is 2.35. The molecule has 0 saturated carbocycles. The van der Waals surface area contributed by atoms with E-state index in [4.69, 9.17) is 4.74 Å². The minimum Gasteiger partial charge on any atom is -0.480 e. The van der Waals surface area contributed by atoms with Crippen LogP contribution in [0.4, 0.5) is 0 Å². The Morgan fingerprint density at radius 1 is 1.32 bits per heavy atom. The van der Waals surface area contributed by atoms with Crippen molar-refractivity contribution in [2.24, 2.45) is 5.92 Å². The van der Waals surface area contributed by atoms with E-state index in [1.54, 1.807) is 0 Å². The van der Waals surface area contributed by atoms with E-state index in [9.17, 15) is 14.7 Å². The molecule has 1 saturated heterocycles. The number of aliphatic carboxylic acids is 1. The molecule has 0 aromatic carbocycles. The summed E-state index contributed by atoms with van der Waals surface area (Å²) in [6, 6.07) is -0.655. The van der Waals surface area contributed by atoms with Gasteiger partial charge < -0.3 is 14.7 Å². The third-order valence-electron chi connectivity index (χ3n) is 3.70. The van der Waals surface area contributed by atoms with E-state index in [-0.39, 0.29) is 12.3 Å². The monoisotopic (exact) mass is 271 g/mol. The molecule has 1 rings (SSSR count). The molecular formula is C14H25NO4. The highest BCUT2D eigenvalue weighted by Crippen LogP contribution is 2.26. The summed E-state index contributed by atoms with van der Waals surface area (Å²) in [6.45, 7) is 5.67. The zero-order valence-electron chi connectivity index (χ0n) is 11.9. The average molecular weight is 271 g/mol. The fourth-order valence-electron chi connectivity index (χ4n) is 2.49. The number of hydrogen-bond donors (Lipinski definition) is 1. The van der Waals surface area contributed by atoms with E-state index in [1.165, 1.54) is 4.90 Å². The smallest absolute Gasteiger partial charge is 0.326 e. The molecule has 0 aromatic heterocycles. The summed E-state index contributed by atoms with van der Waals surface area (Å²) in [5.41, 5.74) is 0. The van der Waals surface area contributed by atoms with Crippen molar-refractivity contribution in [3.8, 4) is 0 Å². The molecule has 1 aliphatic heterocycles. The van der Waals surface area contributed by atoms with Crippen LogP contribution in [-0.2, 0) is 14.3 Å². The number of carbonyl (C=O) groups excluding carboxylic acids is 1. The van der Waals surface area contributed by atoms with E-state index >= 15 is 0 Å². The molecule has 19 heavy (non-hydrogen) atoms. The van der Waals surface area contributed by atoms with Gasteiger partial charge >= 0.3 is 5.97 Å². The molecule has 1 fully saturated rings. The minimum absolute atomic E-state index is 0.0990. The third-order valence-corrected chi connectivity index (χ3v) is 3.70. The van der Waals surface area contributed by atoms with Gasteiger partial charge in [0.15, 0.2) is 0 Å². The molecule has 0 spiro atoms. The van der Waals surface area contributed by atoms with Gasteiger partial charge in [0.25, 0.3) is 0 Å². The Labute approximate surface area is 114 Å². The molecule has 1 amide bonds. The molecule has 0 aromatic rings. The Bertz CT molecular complexity index is 306. The lowest BCUT2D eigenvalue weighted by Gasteiger charge is -2.37. The Balaban J connectivity index is 2.49. The number of rotatable bonds is 7. The van der Waals surface area contributed by atoms with E-state index in [1.807, 2.05) is 6.92 Å². The molecule has 1 aliphatic rings. The normalized spacial score (nSPS) is 23.4.